The lowest BCUT2D eigenvalue weighted by Gasteiger charge is -2.17. The van der Waals surface area contributed by atoms with E-state index in [1.54, 1.807) is 12.1 Å². The zero-order chi connectivity index (χ0) is 22.5. The summed E-state index contributed by atoms with van der Waals surface area (Å²) in [6, 6.07) is 8.21. The molecule has 2 aromatic rings. The molecule has 0 saturated heterocycles. The van der Waals surface area contributed by atoms with Crippen molar-refractivity contribution in [2.24, 2.45) is 0 Å². The smallest absolute Gasteiger partial charge is 0.416 e. The van der Waals surface area contributed by atoms with E-state index in [2.05, 4.69) is 0 Å². The average Bonchev–Trinajstić information content (AvgIpc) is 2.72. The van der Waals surface area contributed by atoms with Gasteiger partial charge in [0.25, 0.3) is 0 Å². The monoisotopic (exact) mass is 424 g/mol. The highest BCUT2D eigenvalue weighted by atomic mass is 19.4. The number of ether oxygens (including phenoxy) is 3. The molecule has 2 rings (SSSR count). The number of rotatable bonds is 7. The summed E-state index contributed by atoms with van der Waals surface area (Å²) in [6.45, 7) is 0. The van der Waals surface area contributed by atoms with Crippen molar-refractivity contribution in [2.45, 2.75) is 12.1 Å². The van der Waals surface area contributed by atoms with Crippen LogP contribution >= 0.6 is 0 Å². The maximum atomic E-state index is 12.8. The number of methoxy groups -OCH3 is 3. The molecule has 0 aliphatic rings. The van der Waals surface area contributed by atoms with Crippen LogP contribution in [0.3, 0.4) is 0 Å². The Balaban J connectivity index is 2.58. The molecule has 1 atom stereocenters. The van der Waals surface area contributed by atoms with E-state index in [1.165, 1.54) is 26.4 Å². The molecule has 2 aromatic carbocycles. The Hall–Kier alpha value is -3.49. The largest absolute Gasteiger partial charge is 0.493 e. The van der Waals surface area contributed by atoms with Crippen molar-refractivity contribution in [2.75, 3.05) is 21.3 Å². The Kier molecular flexibility index (Phi) is 7.10. The first-order valence-electron chi connectivity index (χ1n) is 8.54. The van der Waals surface area contributed by atoms with Crippen LogP contribution in [0.25, 0.3) is 6.08 Å². The first-order chi connectivity index (χ1) is 14.1. The van der Waals surface area contributed by atoms with Crippen LogP contribution in [-0.4, -0.2) is 38.4 Å². The van der Waals surface area contributed by atoms with E-state index >= 15 is 0 Å². The number of hydrogen-bond donors (Lipinski definition) is 1. The van der Waals surface area contributed by atoms with E-state index < -0.39 is 29.6 Å². The minimum absolute atomic E-state index is 0.00683. The van der Waals surface area contributed by atoms with Gasteiger partial charge >= 0.3 is 18.1 Å². The Morgan fingerprint density at radius 1 is 0.967 bits per heavy atom. The van der Waals surface area contributed by atoms with Crippen molar-refractivity contribution >= 4 is 18.0 Å². The second kappa shape index (κ2) is 9.34. The van der Waals surface area contributed by atoms with Crippen molar-refractivity contribution in [3.63, 3.8) is 0 Å². The van der Waals surface area contributed by atoms with Crippen LogP contribution in [0.5, 0.6) is 11.5 Å². The third-order valence-electron chi connectivity index (χ3n) is 4.28. The molecule has 0 fully saturated rings. The molecular formula is C21H19F3O6. The fraction of sp³-hybridized carbons (Fsp3) is 0.238. The normalized spacial score (nSPS) is 12.8. The molecule has 0 bridgehead atoms. The van der Waals surface area contributed by atoms with Gasteiger partial charge in [-0.05, 0) is 41.5 Å². The van der Waals surface area contributed by atoms with Crippen molar-refractivity contribution in [3.05, 3.63) is 64.7 Å². The van der Waals surface area contributed by atoms with Gasteiger partial charge in [0.2, 0.25) is 0 Å². The van der Waals surface area contributed by atoms with Crippen LogP contribution in [0.2, 0.25) is 0 Å². The number of benzene rings is 2. The second-order valence-corrected chi connectivity index (χ2v) is 6.10. The van der Waals surface area contributed by atoms with E-state index in [1.807, 2.05) is 0 Å². The molecule has 1 N–H and O–H groups in total. The van der Waals surface area contributed by atoms with Gasteiger partial charge in [0.05, 0.1) is 32.5 Å². The molecule has 0 radical (unpaired) electrons. The van der Waals surface area contributed by atoms with Gasteiger partial charge in [-0.2, -0.15) is 13.2 Å². The molecule has 160 valence electrons. The van der Waals surface area contributed by atoms with Crippen LogP contribution in [0.15, 0.2) is 48.0 Å². The number of halogens is 3. The SMILES string of the molecule is COC(=O)C(=Cc1ccc(OC)c(OC)c1)C(C(=O)O)c1ccc(C(F)(F)F)cc1. The van der Waals surface area contributed by atoms with E-state index in [0.29, 0.717) is 17.1 Å². The summed E-state index contributed by atoms with van der Waals surface area (Å²) < 4.78 is 53.5. The lowest BCUT2D eigenvalue weighted by molar-refractivity contribution is -0.142. The number of alkyl halides is 3. The van der Waals surface area contributed by atoms with Crippen LogP contribution in [0, 0.1) is 0 Å². The quantitative estimate of drug-likeness (QED) is 0.531. The minimum Gasteiger partial charge on any atom is -0.493 e. The maximum Gasteiger partial charge on any atom is 0.416 e. The lowest BCUT2D eigenvalue weighted by Crippen LogP contribution is -2.21. The molecule has 0 heterocycles. The van der Waals surface area contributed by atoms with Crippen molar-refractivity contribution < 1.29 is 42.1 Å². The molecule has 9 heteroatoms. The summed E-state index contributed by atoms with van der Waals surface area (Å²) >= 11 is 0. The Labute approximate surface area is 170 Å². The average molecular weight is 424 g/mol. The van der Waals surface area contributed by atoms with Gasteiger partial charge in [-0.1, -0.05) is 18.2 Å². The number of carboxylic acids is 1. The third-order valence-corrected chi connectivity index (χ3v) is 4.28. The van der Waals surface area contributed by atoms with Gasteiger partial charge in [-0.15, -0.1) is 0 Å². The molecule has 0 aliphatic carbocycles. The van der Waals surface area contributed by atoms with Gasteiger partial charge in [0.1, 0.15) is 5.92 Å². The van der Waals surface area contributed by atoms with E-state index in [4.69, 9.17) is 14.2 Å². The van der Waals surface area contributed by atoms with Gasteiger partial charge in [0, 0.05) is 0 Å². The fourth-order valence-corrected chi connectivity index (χ4v) is 2.82. The Morgan fingerprint density at radius 3 is 2.03 bits per heavy atom. The summed E-state index contributed by atoms with van der Waals surface area (Å²) in [5.74, 6) is -3.14. The summed E-state index contributed by atoms with van der Waals surface area (Å²) in [5, 5.41) is 9.72. The molecule has 0 saturated carbocycles. The lowest BCUT2D eigenvalue weighted by atomic mass is 9.89. The highest BCUT2D eigenvalue weighted by Gasteiger charge is 2.33. The van der Waals surface area contributed by atoms with E-state index in [0.717, 1.165) is 31.4 Å². The highest BCUT2D eigenvalue weighted by molar-refractivity contribution is 6.02. The molecule has 1 unspecified atom stereocenters. The van der Waals surface area contributed by atoms with Crippen LogP contribution in [0.1, 0.15) is 22.6 Å². The number of hydrogen-bond acceptors (Lipinski definition) is 5. The molecule has 0 amide bonds. The van der Waals surface area contributed by atoms with Crippen LogP contribution in [0.4, 0.5) is 13.2 Å². The topological polar surface area (TPSA) is 82.1 Å². The minimum atomic E-state index is -4.57. The fourth-order valence-electron chi connectivity index (χ4n) is 2.82. The Morgan fingerprint density at radius 2 is 1.57 bits per heavy atom. The first-order valence-corrected chi connectivity index (χ1v) is 8.54. The predicted octanol–water partition coefficient (Wildman–Crippen LogP) is 4.15. The summed E-state index contributed by atoms with van der Waals surface area (Å²) in [4.78, 5) is 24.3. The van der Waals surface area contributed by atoms with Gasteiger partial charge in [-0.25, -0.2) is 4.79 Å². The second-order valence-electron chi connectivity index (χ2n) is 6.10. The van der Waals surface area contributed by atoms with Crippen molar-refractivity contribution in [1.82, 2.24) is 0 Å². The maximum absolute atomic E-state index is 12.8. The van der Waals surface area contributed by atoms with Crippen LogP contribution in [-0.2, 0) is 20.5 Å². The Bertz CT molecular complexity index is 948. The third kappa shape index (κ3) is 5.11. The van der Waals surface area contributed by atoms with Crippen molar-refractivity contribution in [3.8, 4) is 11.5 Å². The van der Waals surface area contributed by atoms with Crippen LogP contribution < -0.4 is 9.47 Å². The number of carbonyl (C=O) groups excluding carboxylic acids is 1. The highest BCUT2D eigenvalue weighted by Crippen LogP contribution is 2.34. The van der Waals surface area contributed by atoms with E-state index in [-0.39, 0.29) is 11.1 Å². The molecule has 0 aromatic heterocycles. The van der Waals surface area contributed by atoms with Crippen molar-refractivity contribution in [1.29, 1.82) is 0 Å². The number of carboxylic acid groups (broad SMARTS) is 1. The number of aliphatic carboxylic acids is 1. The van der Waals surface area contributed by atoms with Gasteiger partial charge < -0.3 is 19.3 Å². The first kappa shape index (κ1) is 22.8. The molecule has 0 spiro atoms. The predicted molar refractivity (Wildman–Crippen MR) is 101 cm³/mol. The summed E-state index contributed by atoms with van der Waals surface area (Å²) in [6.07, 6.45) is -3.29. The number of esters is 1. The van der Waals surface area contributed by atoms with Gasteiger partial charge in [0.15, 0.2) is 11.5 Å². The summed E-state index contributed by atoms with van der Waals surface area (Å²) in [7, 11) is 3.93. The standard InChI is InChI=1S/C21H19F3O6/c1-28-16-9-4-12(11-17(16)29-2)10-15(20(27)30-3)18(19(25)26)13-5-7-14(8-6-13)21(22,23)24/h4-11,18H,1-3H3,(H,25,26). The summed E-state index contributed by atoms with van der Waals surface area (Å²) in [5.41, 5.74) is -0.797. The van der Waals surface area contributed by atoms with Gasteiger partial charge in [-0.3, -0.25) is 4.79 Å². The zero-order valence-electron chi connectivity index (χ0n) is 16.3. The number of carbonyl (C=O) groups is 2. The molecular weight excluding hydrogens is 405 g/mol. The zero-order valence-corrected chi connectivity index (χ0v) is 16.3. The van der Waals surface area contributed by atoms with E-state index in [9.17, 15) is 27.9 Å². The molecule has 0 aliphatic heterocycles. The molecule has 30 heavy (non-hydrogen) atoms. The molecule has 6 nitrogen and oxygen atoms in total.